The van der Waals surface area contributed by atoms with Crippen molar-refractivity contribution in [3.8, 4) is 5.75 Å². The molecule has 120 valence electrons. The summed E-state index contributed by atoms with van der Waals surface area (Å²) in [6.45, 7) is 1.11. The van der Waals surface area contributed by atoms with E-state index in [2.05, 4.69) is 10.3 Å². The molecule has 1 amide bonds. The van der Waals surface area contributed by atoms with Gasteiger partial charge in [-0.3, -0.25) is 4.79 Å². The van der Waals surface area contributed by atoms with E-state index in [0.717, 1.165) is 0 Å². The molecule has 0 unspecified atom stereocenters. The third-order valence-corrected chi connectivity index (χ3v) is 3.07. The summed E-state index contributed by atoms with van der Waals surface area (Å²) in [5.74, 6) is -0.606. The quantitative estimate of drug-likeness (QED) is 0.649. The number of nitrogens with one attached hydrogen (secondary N) is 1. The van der Waals surface area contributed by atoms with Crippen LogP contribution < -0.4 is 10.1 Å². The number of rotatable bonds is 6. The van der Waals surface area contributed by atoms with Gasteiger partial charge in [-0.05, 0) is 31.2 Å². The molecule has 1 aromatic carbocycles. The average Bonchev–Trinajstić information content (AvgIpc) is 2.55. The highest BCUT2D eigenvalue weighted by Crippen LogP contribution is 2.17. The Balaban J connectivity index is 1.79. The number of benzene rings is 1. The molecule has 0 spiro atoms. The fourth-order valence-electron chi connectivity index (χ4n) is 1.67. The largest absolute Gasteiger partial charge is 0.479 e. The summed E-state index contributed by atoms with van der Waals surface area (Å²) in [6.07, 6.45) is 0.674. The van der Waals surface area contributed by atoms with Crippen molar-refractivity contribution in [3.05, 3.63) is 53.8 Å². The van der Waals surface area contributed by atoms with E-state index >= 15 is 0 Å². The summed E-state index contributed by atoms with van der Waals surface area (Å²) < 4.78 is 10.3. The van der Waals surface area contributed by atoms with E-state index in [-0.39, 0.29) is 5.15 Å². The SMILES string of the molecule is C[C@@H](Oc1ccccc1)C(=O)OCC(=O)Nc1cccnc1Cl. The molecule has 2 rings (SSSR count). The van der Waals surface area contributed by atoms with Gasteiger partial charge < -0.3 is 14.8 Å². The third-order valence-electron chi connectivity index (χ3n) is 2.77. The molecular formula is C16H15ClN2O4. The van der Waals surface area contributed by atoms with Gasteiger partial charge in [-0.25, -0.2) is 9.78 Å². The van der Waals surface area contributed by atoms with Crippen LogP contribution in [0.25, 0.3) is 0 Å². The van der Waals surface area contributed by atoms with Crippen LogP contribution in [0.2, 0.25) is 5.15 Å². The van der Waals surface area contributed by atoms with Crippen LogP contribution >= 0.6 is 11.6 Å². The minimum atomic E-state index is -0.827. The van der Waals surface area contributed by atoms with Gasteiger partial charge in [-0.15, -0.1) is 0 Å². The topological polar surface area (TPSA) is 77.5 Å². The molecule has 1 heterocycles. The summed E-state index contributed by atoms with van der Waals surface area (Å²) in [7, 11) is 0. The van der Waals surface area contributed by atoms with Gasteiger partial charge in [-0.2, -0.15) is 0 Å². The molecule has 0 saturated carbocycles. The number of hydrogen-bond donors (Lipinski definition) is 1. The van der Waals surface area contributed by atoms with E-state index in [4.69, 9.17) is 21.1 Å². The van der Waals surface area contributed by atoms with Crippen LogP contribution in [0.15, 0.2) is 48.7 Å². The third kappa shape index (κ3) is 5.27. The maximum absolute atomic E-state index is 11.8. The monoisotopic (exact) mass is 334 g/mol. The number of hydrogen-bond acceptors (Lipinski definition) is 5. The molecule has 0 fully saturated rings. The van der Waals surface area contributed by atoms with E-state index in [1.807, 2.05) is 6.07 Å². The molecule has 1 N–H and O–H groups in total. The lowest BCUT2D eigenvalue weighted by Crippen LogP contribution is -2.29. The maximum Gasteiger partial charge on any atom is 0.347 e. The van der Waals surface area contributed by atoms with Crippen molar-refractivity contribution in [2.45, 2.75) is 13.0 Å². The number of para-hydroxylation sites is 1. The highest BCUT2D eigenvalue weighted by molar-refractivity contribution is 6.32. The van der Waals surface area contributed by atoms with E-state index in [1.165, 1.54) is 6.20 Å². The molecule has 0 saturated heterocycles. The van der Waals surface area contributed by atoms with Crippen molar-refractivity contribution in [3.63, 3.8) is 0 Å². The molecule has 0 aliphatic rings. The highest BCUT2D eigenvalue weighted by Gasteiger charge is 2.18. The lowest BCUT2D eigenvalue weighted by Gasteiger charge is -2.14. The van der Waals surface area contributed by atoms with Gasteiger partial charge >= 0.3 is 5.97 Å². The Bertz CT molecular complexity index is 679. The Labute approximate surface area is 138 Å². The first-order valence-electron chi connectivity index (χ1n) is 6.85. The van der Waals surface area contributed by atoms with Gasteiger partial charge in [0.05, 0.1) is 5.69 Å². The fourth-order valence-corrected chi connectivity index (χ4v) is 1.84. The number of carbonyl (C=O) groups excluding carboxylic acids is 2. The number of pyridine rings is 1. The maximum atomic E-state index is 11.8. The number of esters is 1. The lowest BCUT2D eigenvalue weighted by molar-refractivity contribution is -0.153. The molecule has 1 aromatic heterocycles. The molecular weight excluding hydrogens is 320 g/mol. The minimum absolute atomic E-state index is 0.160. The second kappa shape index (κ2) is 8.14. The summed E-state index contributed by atoms with van der Waals surface area (Å²) in [5, 5.41) is 2.66. The van der Waals surface area contributed by atoms with Gasteiger partial charge in [-0.1, -0.05) is 29.8 Å². The van der Waals surface area contributed by atoms with Gasteiger partial charge in [0.2, 0.25) is 0 Å². The molecule has 0 bridgehead atoms. The summed E-state index contributed by atoms with van der Waals surface area (Å²) in [4.78, 5) is 27.4. The molecule has 0 radical (unpaired) electrons. The van der Waals surface area contributed by atoms with E-state index in [9.17, 15) is 9.59 Å². The van der Waals surface area contributed by atoms with Crippen LogP contribution in [0, 0.1) is 0 Å². The number of carbonyl (C=O) groups is 2. The zero-order chi connectivity index (χ0) is 16.7. The van der Waals surface area contributed by atoms with E-state index in [1.54, 1.807) is 43.3 Å². The lowest BCUT2D eigenvalue weighted by atomic mass is 10.3. The number of nitrogens with zero attached hydrogens (tertiary/aromatic N) is 1. The van der Waals surface area contributed by atoms with Crippen molar-refractivity contribution in [2.75, 3.05) is 11.9 Å². The van der Waals surface area contributed by atoms with E-state index in [0.29, 0.717) is 11.4 Å². The Morgan fingerprint density at radius 1 is 1.22 bits per heavy atom. The zero-order valence-electron chi connectivity index (χ0n) is 12.4. The minimum Gasteiger partial charge on any atom is -0.479 e. The van der Waals surface area contributed by atoms with Crippen LogP contribution in [0.5, 0.6) is 5.75 Å². The van der Waals surface area contributed by atoms with Crippen molar-refractivity contribution in [2.24, 2.45) is 0 Å². The predicted octanol–water partition coefficient (Wildman–Crippen LogP) is 2.68. The summed E-state index contributed by atoms with van der Waals surface area (Å²) in [5.41, 5.74) is 0.351. The molecule has 6 nitrogen and oxygen atoms in total. The van der Waals surface area contributed by atoms with E-state index < -0.39 is 24.6 Å². The van der Waals surface area contributed by atoms with Crippen LogP contribution in [-0.4, -0.2) is 29.6 Å². The molecule has 0 aliphatic heterocycles. The standard InChI is InChI=1S/C16H15ClN2O4/c1-11(23-12-6-3-2-4-7-12)16(21)22-10-14(20)19-13-8-5-9-18-15(13)17/h2-9,11H,10H2,1H3,(H,19,20)/t11-/m1/s1. The smallest absolute Gasteiger partial charge is 0.347 e. The number of amides is 1. The van der Waals surface area contributed by atoms with Gasteiger partial charge in [0.15, 0.2) is 17.9 Å². The van der Waals surface area contributed by atoms with Crippen molar-refractivity contribution in [1.82, 2.24) is 4.98 Å². The van der Waals surface area contributed by atoms with Crippen LogP contribution in [-0.2, 0) is 14.3 Å². The normalized spacial score (nSPS) is 11.4. The Kier molecular flexibility index (Phi) is 5.94. The molecule has 0 aliphatic carbocycles. The first kappa shape index (κ1) is 16.8. The van der Waals surface area contributed by atoms with Crippen LogP contribution in [0.3, 0.4) is 0 Å². The number of halogens is 1. The fraction of sp³-hybridized carbons (Fsp3) is 0.188. The predicted molar refractivity (Wildman–Crippen MR) is 85.4 cm³/mol. The Hall–Kier alpha value is -2.60. The number of anilines is 1. The summed E-state index contributed by atoms with van der Waals surface area (Å²) >= 11 is 5.82. The van der Waals surface area contributed by atoms with Crippen molar-refractivity contribution >= 4 is 29.2 Å². The molecule has 7 heteroatoms. The average molecular weight is 335 g/mol. The molecule has 2 aromatic rings. The van der Waals surface area contributed by atoms with Gasteiger partial charge in [0.25, 0.3) is 5.91 Å². The van der Waals surface area contributed by atoms with Gasteiger partial charge in [0.1, 0.15) is 5.75 Å². The number of aromatic nitrogens is 1. The molecule has 1 atom stereocenters. The molecule has 23 heavy (non-hydrogen) atoms. The van der Waals surface area contributed by atoms with Crippen LogP contribution in [0.1, 0.15) is 6.92 Å². The second-order valence-corrected chi connectivity index (χ2v) is 4.93. The summed E-state index contributed by atoms with van der Waals surface area (Å²) in [6, 6.07) is 12.1. The van der Waals surface area contributed by atoms with Crippen molar-refractivity contribution < 1.29 is 19.1 Å². The van der Waals surface area contributed by atoms with Crippen LogP contribution in [0.4, 0.5) is 5.69 Å². The second-order valence-electron chi connectivity index (χ2n) is 4.57. The van der Waals surface area contributed by atoms with Gasteiger partial charge in [0, 0.05) is 6.20 Å². The first-order valence-corrected chi connectivity index (χ1v) is 7.23. The van der Waals surface area contributed by atoms with Crippen molar-refractivity contribution in [1.29, 1.82) is 0 Å². The zero-order valence-corrected chi connectivity index (χ0v) is 13.1. The highest BCUT2D eigenvalue weighted by atomic mass is 35.5. The Morgan fingerprint density at radius 3 is 2.65 bits per heavy atom. The Morgan fingerprint density at radius 2 is 1.96 bits per heavy atom. The first-order chi connectivity index (χ1) is 11.1. The number of ether oxygens (including phenoxy) is 2.